The summed E-state index contributed by atoms with van der Waals surface area (Å²) < 4.78 is 15.6. The van der Waals surface area contributed by atoms with Gasteiger partial charge in [-0.2, -0.15) is 0 Å². The summed E-state index contributed by atoms with van der Waals surface area (Å²) >= 11 is 0. The topological polar surface area (TPSA) is 94.2 Å². The number of ether oxygens (including phenoxy) is 3. The van der Waals surface area contributed by atoms with Crippen LogP contribution >= 0.6 is 0 Å². The lowest BCUT2D eigenvalue weighted by atomic mass is 9.97. The molecule has 6 heteroatoms. The zero-order valence-corrected chi connectivity index (χ0v) is 9.00. The van der Waals surface area contributed by atoms with E-state index in [2.05, 4.69) is 0 Å². The van der Waals surface area contributed by atoms with Crippen molar-refractivity contribution in [3.63, 3.8) is 0 Å². The maximum Gasteiger partial charge on any atom is 0.175 e. The Morgan fingerprint density at radius 3 is 2.60 bits per heavy atom. The minimum absolute atomic E-state index is 0.242. The van der Waals surface area contributed by atoms with Crippen molar-refractivity contribution in [3.8, 4) is 0 Å². The van der Waals surface area contributed by atoms with E-state index in [1.807, 2.05) is 0 Å². The molecule has 0 amide bonds. The van der Waals surface area contributed by atoms with Crippen LogP contribution in [0.2, 0.25) is 0 Å². The molecule has 0 spiro atoms. The lowest BCUT2D eigenvalue weighted by molar-refractivity contribution is -0.266. The van der Waals surface area contributed by atoms with E-state index in [-0.39, 0.29) is 6.61 Å². The minimum Gasteiger partial charge on any atom is -0.394 e. The number of nitrogens with two attached hydrogens (primary N) is 1. The molecule has 5 unspecified atom stereocenters. The van der Waals surface area contributed by atoms with Crippen LogP contribution < -0.4 is 5.73 Å². The van der Waals surface area contributed by atoms with E-state index >= 15 is 0 Å². The molecule has 90 valence electrons. The van der Waals surface area contributed by atoms with E-state index in [9.17, 15) is 5.11 Å². The van der Waals surface area contributed by atoms with Crippen LogP contribution in [-0.2, 0) is 14.2 Å². The van der Waals surface area contributed by atoms with Crippen LogP contribution in [0.1, 0.15) is 6.92 Å². The summed E-state index contributed by atoms with van der Waals surface area (Å²) in [5.74, 6) is 0. The second-order valence-corrected chi connectivity index (χ2v) is 3.45. The Kier molecular flexibility index (Phi) is 4.91. The quantitative estimate of drug-likeness (QED) is 0.531. The van der Waals surface area contributed by atoms with Crippen LogP contribution in [0.4, 0.5) is 0 Å². The van der Waals surface area contributed by atoms with Crippen LogP contribution in [0, 0.1) is 0 Å². The molecular weight excluding hydrogens is 202 g/mol. The van der Waals surface area contributed by atoms with E-state index in [1.165, 1.54) is 7.11 Å². The van der Waals surface area contributed by atoms with E-state index in [0.717, 1.165) is 0 Å². The third-order valence-electron chi connectivity index (χ3n) is 2.49. The Hall–Kier alpha value is -0.240. The smallest absolute Gasteiger partial charge is 0.175 e. The third kappa shape index (κ3) is 2.66. The van der Waals surface area contributed by atoms with Crippen molar-refractivity contribution in [1.82, 2.24) is 0 Å². The molecule has 1 rings (SSSR count). The lowest BCUT2D eigenvalue weighted by Gasteiger charge is -2.41. The molecule has 0 aromatic rings. The molecule has 0 radical (unpaired) electrons. The molecule has 1 aliphatic heterocycles. The summed E-state index contributed by atoms with van der Waals surface area (Å²) in [7, 11) is 1.44. The molecule has 0 aliphatic carbocycles. The molecule has 15 heavy (non-hydrogen) atoms. The molecule has 0 aromatic heterocycles. The monoisotopic (exact) mass is 221 g/mol. The van der Waals surface area contributed by atoms with Crippen molar-refractivity contribution in [1.29, 1.82) is 0 Å². The summed E-state index contributed by atoms with van der Waals surface area (Å²) in [6.07, 6.45) is -2.83. The van der Waals surface area contributed by atoms with Gasteiger partial charge in [-0.05, 0) is 6.92 Å². The second-order valence-electron chi connectivity index (χ2n) is 3.45. The number of hydrogen-bond acceptors (Lipinski definition) is 6. The first-order chi connectivity index (χ1) is 7.15. The Labute approximate surface area is 88.9 Å². The van der Waals surface area contributed by atoms with Crippen molar-refractivity contribution in [2.75, 3.05) is 20.3 Å². The molecule has 6 nitrogen and oxygen atoms in total. The van der Waals surface area contributed by atoms with Crippen LogP contribution in [-0.4, -0.2) is 61.2 Å². The highest BCUT2D eigenvalue weighted by atomic mass is 16.7. The average molecular weight is 221 g/mol. The van der Waals surface area contributed by atoms with Gasteiger partial charge in [-0.15, -0.1) is 0 Å². The van der Waals surface area contributed by atoms with Gasteiger partial charge in [0.1, 0.15) is 18.3 Å². The summed E-state index contributed by atoms with van der Waals surface area (Å²) in [6, 6.07) is -0.672. The summed E-state index contributed by atoms with van der Waals surface area (Å²) in [5.41, 5.74) is 5.71. The van der Waals surface area contributed by atoms with E-state index in [0.29, 0.717) is 6.61 Å². The highest BCUT2D eigenvalue weighted by molar-refractivity contribution is 4.92. The normalized spacial score (nSPS) is 41.8. The maximum absolute atomic E-state index is 9.85. The number of rotatable bonds is 4. The molecular formula is C9H19NO5. The van der Waals surface area contributed by atoms with Crippen LogP contribution in [0.15, 0.2) is 0 Å². The Morgan fingerprint density at radius 1 is 1.47 bits per heavy atom. The third-order valence-corrected chi connectivity index (χ3v) is 2.49. The Balaban J connectivity index is 2.70. The van der Waals surface area contributed by atoms with Gasteiger partial charge in [-0.25, -0.2) is 0 Å². The minimum atomic E-state index is -0.902. The lowest BCUT2D eigenvalue weighted by Crippen LogP contribution is -2.63. The SMILES string of the molecule is CCOC1C(CO)OC(OC)C(N)C1O. The van der Waals surface area contributed by atoms with E-state index < -0.39 is 30.6 Å². The Bertz CT molecular complexity index is 189. The zero-order chi connectivity index (χ0) is 11.4. The number of aliphatic hydroxyl groups is 2. The van der Waals surface area contributed by atoms with Gasteiger partial charge < -0.3 is 30.2 Å². The first-order valence-corrected chi connectivity index (χ1v) is 5.00. The molecule has 1 fully saturated rings. The summed E-state index contributed by atoms with van der Waals surface area (Å²) in [4.78, 5) is 0. The first-order valence-electron chi connectivity index (χ1n) is 5.00. The van der Waals surface area contributed by atoms with Crippen molar-refractivity contribution < 1.29 is 24.4 Å². The fraction of sp³-hybridized carbons (Fsp3) is 1.00. The summed E-state index contributed by atoms with van der Waals surface area (Å²) in [5, 5.41) is 18.9. The molecule has 4 N–H and O–H groups in total. The predicted molar refractivity (Wildman–Crippen MR) is 52.2 cm³/mol. The second kappa shape index (κ2) is 5.74. The molecule has 1 heterocycles. The molecule has 0 bridgehead atoms. The van der Waals surface area contributed by atoms with Gasteiger partial charge in [0.25, 0.3) is 0 Å². The van der Waals surface area contributed by atoms with Gasteiger partial charge in [0.05, 0.1) is 12.6 Å². The van der Waals surface area contributed by atoms with Gasteiger partial charge in [0.15, 0.2) is 6.29 Å². The molecule has 1 aliphatic rings. The standard InChI is InChI=1S/C9H19NO5/c1-3-14-8-5(4-11)15-9(13-2)6(10)7(8)12/h5-9,11-12H,3-4,10H2,1-2H3. The predicted octanol–water partition coefficient (Wildman–Crippen LogP) is -1.56. The number of aliphatic hydroxyl groups excluding tert-OH is 2. The number of hydrogen-bond donors (Lipinski definition) is 3. The van der Waals surface area contributed by atoms with Gasteiger partial charge >= 0.3 is 0 Å². The van der Waals surface area contributed by atoms with Crippen LogP contribution in [0.3, 0.4) is 0 Å². The fourth-order valence-electron chi connectivity index (χ4n) is 1.70. The molecule has 0 aromatic carbocycles. The maximum atomic E-state index is 9.85. The van der Waals surface area contributed by atoms with Crippen molar-refractivity contribution >= 4 is 0 Å². The average Bonchev–Trinajstić information content (AvgIpc) is 2.25. The van der Waals surface area contributed by atoms with Gasteiger partial charge in [0, 0.05) is 13.7 Å². The van der Waals surface area contributed by atoms with Crippen molar-refractivity contribution in [2.45, 2.75) is 37.6 Å². The Morgan fingerprint density at radius 2 is 2.13 bits per heavy atom. The highest BCUT2D eigenvalue weighted by Gasteiger charge is 2.43. The van der Waals surface area contributed by atoms with Crippen molar-refractivity contribution in [3.05, 3.63) is 0 Å². The summed E-state index contributed by atoms with van der Waals surface area (Å²) in [6.45, 7) is 1.98. The first kappa shape index (κ1) is 12.8. The number of methoxy groups -OCH3 is 1. The van der Waals surface area contributed by atoms with Gasteiger partial charge in [0.2, 0.25) is 0 Å². The largest absolute Gasteiger partial charge is 0.394 e. The highest BCUT2D eigenvalue weighted by Crippen LogP contribution is 2.22. The molecule has 1 saturated heterocycles. The van der Waals surface area contributed by atoms with Crippen LogP contribution in [0.5, 0.6) is 0 Å². The fourth-order valence-corrected chi connectivity index (χ4v) is 1.70. The van der Waals surface area contributed by atoms with E-state index in [1.54, 1.807) is 6.92 Å². The van der Waals surface area contributed by atoms with Gasteiger partial charge in [-0.1, -0.05) is 0 Å². The van der Waals surface area contributed by atoms with E-state index in [4.69, 9.17) is 25.1 Å². The van der Waals surface area contributed by atoms with Crippen molar-refractivity contribution in [2.24, 2.45) is 5.73 Å². The molecule has 5 atom stereocenters. The molecule has 0 saturated carbocycles. The zero-order valence-electron chi connectivity index (χ0n) is 9.00. The van der Waals surface area contributed by atoms with Crippen LogP contribution in [0.25, 0.3) is 0 Å². The van der Waals surface area contributed by atoms with Gasteiger partial charge in [-0.3, -0.25) is 0 Å².